The number of aromatic nitrogens is 2. The number of fused-ring (bicyclic) bond motifs is 1. The van der Waals surface area contributed by atoms with Gasteiger partial charge >= 0.3 is 6.09 Å². The monoisotopic (exact) mass is 396 g/mol. The zero-order valence-corrected chi connectivity index (χ0v) is 16.1. The molecule has 0 radical (unpaired) electrons. The Labute approximate surface area is 168 Å². The van der Waals surface area contributed by atoms with Gasteiger partial charge < -0.3 is 25.6 Å². The molecule has 2 aliphatic heterocycles. The van der Waals surface area contributed by atoms with Crippen molar-refractivity contribution in [2.75, 3.05) is 41.3 Å². The van der Waals surface area contributed by atoms with Crippen LogP contribution in [0.4, 0.5) is 22.2 Å². The maximum absolute atomic E-state index is 11.7. The summed E-state index contributed by atoms with van der Waals surface area (Å²) in [5.41, 5.74) is 6.57. The van der Waals surface area contributed by atoms with Crippen LogP contribution in [-0.4, -0.2) is 54.3 Å². The lowest BCUT2D eigenvalue weighted by Gasteiger charge is -2.23. The van der Waals surface area contributed by atoms with E-state index < -0.39 is 6.09 Å². The number of anilines is 3. The van der Waals surface area contributed by atoms with Gasteiger partial charge in [0.05, 0.1) is 12.1 Å². The summed E-state index contributed by atoms with van der Waals surface area (Å²) in [6.45, 7) is 6.57. The molecule has 1 atom stereocenters. The number of hydrogen-bond donors (Lipinski definition) is 2. The molecule has 2 amide bonds. The molecule has 0 saturated carbocycles. The Kier molecular flexibility index (Phi) is 5.20. The molecular weight excluding hydrogens is 372 g/mol. The molecular formula is C20H24N6O3. The molecule has 9 heteroatoms. The summed E-state index contributed by atoms with van der Waals surface area (Å²) in [6.07, 6.45) is 3.15. The minimum absolute atomic E-state index is 0.251. The first kappa shape index (κ1) is 19.0. The number of carbonyl (C=O) groups excluding carboxylic acids is 2. The molecule has 2 saturated heterocycles. The summed E-state index contributed by atoms with van der Waals surface area (Å²) in [4.78, 5) is 36.6. The highest BCUT2D eigenvalue weighted by molar-refractivity contribution is 6.01. The van der Waals surface area contributed by atoms with E-state index in [2.05, 4.69) is 21.7 Å². The van der Waals surface area contributed by atoms with Crippen LogP contribution < -0.4 is 20.9 Å². The van der Waals surface area contributed by atoms with E-state index in [4.69, 9.17) is 20.4 Å². The van der Waals surface area contributed by atoms with Gasteiger partial charge in [0, 0.05) is 37.1 Å². The Morgan fingerprint density at radius 1 is 1.21 bits per heavy atom. The van der Waals surface area contributed by atoms with Crippen molar-refractivity contribution in [2.24, 2.45) is 5.73 Å². The summed E-state index contributed by atoms with van der Waals surface area (Å²) in [7, 11) is 0. The molecule has 1 aromatic carbocycles. The molecule has 2 aromatic rings. The molecule has 0 aliphatic carbocycles. The van der Waals surface area contributed by atoms with Crippen LogP contribution in [0.1, 0.15) is 19.3 Å². The Hall–Kier alpha value is -3.36. The van der Waals surface area contributed by atoms with Crippen molar-refractivity contribution in [3.05, 3.63) is 30.9 Å². The standard InChI is InChI=1S/C20H24N6O3/c1-2-17(27)22-13-5-6-15-16(11-13)23-20(25-8-3-4-9-25)24-18(15)26-10-7-14(12-26)29-19(21)28/h2,5-6,11,14H,1,3-4,7-10,12H2,(H2,21,28)(H,22,27). The van der Waals surface area contributed by atoms with Gasteiger partial charge in [0.25, 0.3) is 0 Å². The lowest BCUT2D eigenvalue weighted by Crippen LogP contribution is -2.28. The topological polar surface area (TPSA) is 114 Å². The number of rotatable bonds is 5. The fraction of sp³-hybridized carbons (Fsp3) is 0.400. The van der Waals surface area contributed by atoms with Crippen LogP contribution in [0.15, 0.2) is 30.9 Å². The Morgan fingerprint density at radius 3 is 2.72 bits per heavy atom. The molecule has 29 heavy (non-hydrogen) atoms. The molecule has 4 rings (SSSR count). The fourth-order valence-corrected chi connectivity index (χ4v) is 3.85. The van der Waals surface area contributed by atoms with Gasteiger partial charge in [0.2, 0.25) is 11.9 Å². The molecule has 2 fully saturated rings. The van der Waals surface area contributed by atoms with Crippen LogP contribution in [-0.2, 0) is 9.53 Å². The SMILES string of the molecule is C=CC(=O)Nc1ccc2c(N3CCC(OC(N)=O)C3)nc(N3CCCC3)nc2c1. The number of benzene rings is 1. The maximum Gasteiger partial charge on any atom is 0.404 e. The van der Waals surface area contributed by atoms with Crippen molar-refractivity contribution in [1.29, 1.82) is 0 Å². The molecule has 0 spiro atoms. The lowest BCUT2D eigenvalue weighted by molar-refractivity contribution is -0.111. The largest absolute Gasteiger partial charge is 0.444 e. The van der Waals surface area contributed by atoms with Gasteiger partial charge in [-0.2, -0.15) is 4.98 Å². The molecule has 3 N–H and O–H groups in total. The van der Waals surface area contributed by atoms with E-state index in [1.165, 1.54) is 6.08 Å². The Balaban J connectivity index is 1.72. The van der Waals surface area contributed by atoms with Gasteiger partial charge in [0.1, 0.15) is 11.9 Å². The number of nitrogens with zero attached hydrogens (tertiary/aromatic N) is 4. The maximum atomic E-state index is 11.7. The van der Waals surface area contributed by atoms with Crippen LogP contribution in [0.5, 0.6) is 0 Å². The summed E-state index contributed by atoms with van der Waals surface area (Å²) < 4.78 is 5.17. The minimum atomic E-state index is -0.759. The van der Waals surface area contributed by atoms with E-state index in [1.807, 2.05) is 18.2 Å². The van der Waals surface area contributed by atoms with Crippen molar-refractivity contribution < 1.29 is 14.3 Å². The van der Waals surface area contributed by atoms with E-state index in [1.54, 1.807) is 0 Å². The molecule has 9 nitrogen and oxygen atoms in total. The Morgan fingerprint density at radius 2 is 2.00 bits per heavy atom. The highest BCUT2D eigenvalue weighted by Gasteiger charge is 2.28. The number of hydrogen-bond acceptors (Lipinski definition) is 7. The number of amides is 2. The predicted molar refractivity (Wildman–Crippen MR) is 111 cm³/mol. The van der Waals surface area contributed by atoms with Crippen LogP contribution in [0.25, 0.3) is 10.9 Å². The van der Waals surface area contributed by atoms with E-state index in [0.29, 0.717) is 31.1 Å². The van der Waals surface area contributed by atoms with Gasteiger partial charge in [-0.05, 0) is 37.1 Å². The van der Waals surface area contributed by atoms with Crippen LogP contribution in [0, 0.1) is 0 Å². The second kappa shape index (κ2) is 7.94. The molecule has 1 aromatic heterocycles. The summed E-state index contributed by atoms with van der Waals surface area (Å²) >= 11 is 0. The first-order valence-electron chi connectivity index (χ1n) is 9.74. The van der Waals surface area contributed by atoms with E-state index >= 15 is 0 Å². The van der Waals surface area contributed by atoms with E-state index in [9.17, 15) is 9.59 Å². The average Bonchev–Trinajstić information content (AvgIpc) is 3.38. The smallest absolute Gasteiger partial charge is 0.404 e. The van der Waals surface area contributed by atoms with Crippen molar-refractivity contribution in [3.8, 4) is 0 Å². The molecule has 152 valence electrons. The van der Waals surface area contributed by atoms with Crippen molar-refractivity contribution in [1.82, 2.24) is 9.97 Å². The molecule has 3 heterocycles. The predicted octanol–water partition coefficient (Wildman–Crippen LogP) is 2.03. The van der Waals surface area contributed by atoms with Gasteiger partial charge in [-0.25, -0.2) is 9.78 Å². The highest BCUT2D eigenvalue weighted by Crippen LogP contribution is 2.32. The summed E-state index contributed by atoms with van der Waals surface area (Å²) in [5, 5.41) is 3.65. The first-order valence-corrected chi connectivity index (χ1v) is 9.74. The average molecular weight is 396 g/mol. The van der Waals surface area contributed by atoms with Gasteiger partial charge in [0.15, 0.2) is 0 Å². The zero-order valence-electron chi connectivity index (χ0n) is 16.1. The zero-order chi connectivity index (χ0) is 20.4. The van der Waals surface area contributed by atoms with Crippen molar-refractivity contribution >= 4 is 40.4 Å². The van der Waals surface area contributed by atoms with Crippen LogP contribution in [0.3, 0.4) is 0 Å². The van der Waals surface area contributed by atoms with Crippen molar-refractivity contribution in [3.63, 3.8) is 0 Å². The van der Waals surface area contributed by atoms with Gasteiger partial charge in [-0.15, -0.1) is 0 Å². The third-order valence-corrected chi connectivity index (χ3v) is 5.23. The second-order valence-electron chi connectivity index (χ2n) is 7.26. The second-order valence-corrected chi connectivity index (χ2v) is 7.26. The molecule has 1 unspecified atom stereocenters. The normalized spacial score (nSPS) is 18.8. The number of carbonyl (C=O) groups is 2. The quantitative estimate of drug-likeness (QED) is 0.743. The van der Waals surface area contributed by atoms with E-state index in [-0.39, 0.29) is 12.0 Å². The van der Waals surface area contributed by atoms with E-state index in [0.717, 1.165) is 42.7 Å². The number of primary amides is 1. The summed E-state index contributed by atoms with van der Waals surface area (Å²) in [6, 6.07) is 5.56. The highest BCUT2D eigenvalue weighted by atomic mass is 16.6. The fourth-order valence-electron chi connectivity index (χ4n) is 3.85. The lowest BCUT2D eigenvalue weighted by atomic mass is 10.2. The first-order chi connectivity index (χ1) is 14.0. The minimum Gasteiger partial charge on any atom is -0.444 e. The van der Waals surface area contributed by atoms with Gasteiger partial charge in [-0.3, -0.25) is 4.79 Å². The summed E-state index contributed by atoms with van der Waals surface area (Å²) in [5.74, 6) is 1.20. The van der Waals surface area contributed by atoms with Gasteiger partial charge in [-0.1, -0.05) is 6.58 Å². The Bertz CT molecular complexity index is 957. The van der Waals surface area contributed by atoms with Crippen LogP contribution >= 0.6 is 0 Å². The number of ether oxygens (including phenoxy) is 1. The number of nitrogens with two attached hydrogens (primary N) is 1. The van der Waals surface area contributed by atoms with Crippen LogP contribution in [0.2, 0.25) is 0 Å². The molecule has 0 bridgehead atoms. The third-order valence-electron chi connectivity index (χ3n) is 5.23. The van der Waals surface area contributed by atoms with Crippen molar-refractivity contribution in [2.45, 2.75) is 25.4 Å². The molecule has 2 aliphatic rings. The number of nitrogens with one attached hydrogen (secondary N) is 1. The third kappa shape index (κ3) is 4.08.